The summed E-state index contributed by atoms with van der Waals surface area (Å²) in [7, 11) is 0. The van der Waals surface area contributed by atoms with Crippen LogP contribution in [0.25, 0.3) is 11.3 Å². The van der Waals surface area contributed by atoms with E-state index in [-0.39, 0.29) is 5.91 Å². The van der Waals surface area contributed by atoms with Crippen molar-refractivity contribution in [1.29, 1.82) is 0 Å². The molecular formula is C20H17N3O. The van der Waals surface area contributed by atoms with Gasteiger partial charge in [-0.2, -0.15) is 0 Å². The van der Waals surface area contributed by atoms with Gasteiger partial charge in [0, 0.05) is 18.7 Å². The number of carbonyl (C=O) groups is 1. The first kappa shape index (κ1) is 14.6. The second-order valence-corrected chi connectivity index (χ2v) is 5.92. The van der Waals surface area contributed by atoms with E-state index in [2.05, 4.69) is 22.3 Å². The number of benzene rings is 2. The maximum atomic E-state index is 12.7. The lowest BCUT2D eigenvalue weighted by atomic mass is 10.00. The SMILES string of the molecule is O=C(c1ccc(-c2ccccc2)nn1)N1CCc2ccccc2C1. The van der Waals surface area contributed by atoms with Gasteiger partial charge in [0.25, 0.3) is 5.91 Å². The minimum absolute atomic E-state index is 0.0587. The van der Waals surface area contributed by atoms with E-state index in [4.69, 9.17) is 0 Å². The molecule has 0 saturated heterocycles. The molecule has 1 aromatic heterocycles. The normalized spacial score (nSPS) is 13.4. The van der Waals surface area contributed by atoms with Crippen LogP contribution in [0.5, 0.6) is 0 Å². The van der Waals surface area contributed by atoms with Crippen LogP contribution in [0.3, 0.4) is 0 Å². The summed E-state index contributed by atoms with van der Waals surface area (Å²) in [5, 5.41) is 8.36. The van der Waals surface area contributed by atoms with Gasteiger partial charge in [0.1, 0.15) is 0 Å². The van der Waals surface area contributed by atoms with Crippen LogP contribution in [0.15, 0.2) is 66.7 Å². The Morgan fingerprint density at radius 3 is 2.33 bits per heavy atom. The molecule has 24 heavy (non-hydrogen) atoms. The zero-order valence-electron chi connectivity index (χ0n) is 13.2. The van der Waals surface area contributed by atoms with E-state index in [9.17, 15) is 4.79 Å². The Kier molecular flexibility index (Phi) is 3.79. The van der Waals surface area contributed by atoms with Crippen molar-refractivity contribution in [2.45, 2.75) is 13.0 Å². The van der Waals surface area contributed by atoms with Gasteiger partial charge in [-0.05, 0) is 29.7 Å². The molecule has 0 spiro atoms. The van der Waals surface area contributed by atoms with Gasteiger partial charge >= 0.3 is 0 Å². The molecule has 0 unspecified atom stereocenters. The maximum absolute atomic E-state index is 12.7. The van der Waals surface area contributed by atoms with Crippen molar-refractivity contribution in [1.82, 2.24) is 15.1 Å². The van der Waals surface area contributed by atoms with Crippen LogP contribution in [0.1, 0.15) is 21.6 Å². The lowest BCUT2D eigenvalue weighted by molar-refractivity contribution is 0.0727. The van der Waals surface area contributed by atoms with Crippen molar-refractivity contribution in [3.8, 4) is 11.3 Å². The minimum Gasteiger partial charge on any atom is -0.333 e. The van der Waals surface area contributed by atoms with Crippen LogP contribution in [0.2, 0.25) is 0 Å². The molecule has 4 heteroatoms. The summed E-state index contributed by atoms with van der Waals surface area (Å²) in [6.45, 7) is 1.36. The summed E-state index contributed by atoms with van der Waals surface area (Å²) in [4.78, 5) is 14.5. The predicted octanol–water partition coefficient (Wildman–Crippen LogP) is 3.34. The molecule has 0 bridgehead atoms. The van der Waals surface area contributed by atoms with Gasteiger partial charge in [-0.1, -0.05) is 54.6 Å². The van der Waals surface area contributed by atoms with Crippen molar-refractivity contribution >= 4 is 5.91 Å². The fourth-order valence-electron chi connectivity index (χ4n) is 3.04. The molecule has 4 nitrogen and oxygen atoms in total. The number of amides is 1. The third kappa shape index (κ3) is 2.78. The Morgan fingerprint density at radius 2 is 1.58 bits per heavy atom. The molecule has 0 aliphatic carbocycles. The molecule has 1 aliphatic rings. The number of aromatic nitrogens is 2. The Hall–Kier alpha value is -3.01. The van der Waals surface area contributed by atoms with E-state index in [1.807, 2.05) is 53.4 Å². The monoisotopic (exact) mass is 315 g/mol. The van der Waals surface area contributed by atoms with Crippen molar-refractivity contribution < 1.29 is 4.79 Å². The lowest BCUT2D eigenvalue weighted by Crippen LogP contribution is -2.36. The summed E-state index contributed by atoms with van der Waals surface area (Å²) in [6.07, 6.45) is 0.886. The van der Waals surface area contributed by atoms with Crippen LogP contribution >= 0.6 is 0 Å². The maximum Gasteiger partial charge on any atom is 0.274 e. The van der Waals surface area contributed by atoms with Gasteiger partial charge < -0.3 is 4.90 Å². The molecule has 1 amide bonds. The average Bonchev–Trinajstić information content (AvgIpc) is 2.68. The third-order valence-corrected chi connectivity index (χ3v) is 4.37. The molecule has 4 rings (SSSR count). The van der Waals surface area contributed by atoms with Gasteiger partial charge in [-0.25, -0.2) is 0 Å². The number of hydrogen-bond donors (Lipinski definition) is 0. The van der Waals surface area contributed by atoms with Crippen LogP contribution < -0.4 is 0 Å². The predicted molar refractivity (Wildman–Crippen MR) is 92.4 cm³/mol. The first-order valence-electron chi connectivity index (χ1n) is 8.06. The number of carbonyl (C=O) groups excluding carboxylic acids is 1. The van der Waals surface area contributed by atoms with E-state index in [0.29, 0.717) is 12.2 Å². The summed E-state index contributed by atoms with van der Waals surface area (Å²) in [6, 6.07) is 21.7. The Balaban J connectivity index is 1.53. The van der Waals surface area contributed by atoms with Crippen LogP contribution in [-0.4, -0.2) is 27.5 Å². The fraction of sp³-hybridized carbons (Fsp3) is 0.150. The van der Waals surface area contributed by atoms with E-state index in [1.165, 1.54) is 11.1 Å². The second-order valence-electron chi connectivity index (χ2n) is 5.92. The van der Waals surface area contributed by atoms with E-state index >= 15 is 0 Å². The Labute approximate surface area is 140 Å². The highest BCUT2D eigenvalue weighted by Gasteiger charge is 2.22. The molecule has 0 N–H and O–H groups in total. The van der Waals surface area contributed by atoms with Crippen molar-refractivity contribution in [2.24, 2.45) is 0 Å². The molecule has 2 heterocycles. The van der Waals surface area contributed by atoms with Crippen molar-refractivity contribution in [3.63, 3.8) is 0 Å². The second kappa shape index (κ2) is 6.24. The largest absolute Gasteiger partial charge is 0.333 e. The number of fused-ring (bicyclic) bond motifs is 1. The van der Waals surface area contributed by atoms with Gasteiger partial charge in [-0.3, -0.25) is 4.79 Å². The van der Waals surface area contributed by atoms with Crippen LogP contribution in [0, 0.1) is 0 Å². The fourth-order valence-corrected chi connectivity index (χ4v) is 3.04. The minimum atomic E-state index is -0.0587. The van der Waals surface area contributed by atoms with Crippen LogP contribution in [0.4, 0.5) is 0 Å². The molecule has 3 aromatic rings. The van der Waals surface area contributed by atoms with E-state index < -0.39 is 0 Å². The van der Waals surface area contributed by atoms with Crippen molar-refractivity contribution in [2.75, 3.05) is 6.54 Å². The summed E-state index contributed by atoms with van der Waals surface area (Å²) < 4.78 is 0. The zero-order valence-corrected chi connectivity index (χ0v) is 13.2. The molecule has 2 aromatic carbocycles. The first-order chi connectivity index (χ1) is 11.8. The molecule has 0 radical (unpaired) electrons. The van der Waals surface area contributed by atoms with Gasteiger partial charge in [0.05, 0.1) is 5.69 Å². The Bertz CT molecular complexity index is 860. The summed E-state index contributed by atoms with van der Waals surface area (Å²) >= 11 is 0. The summed E-state index contributed by atoms with van der Waals surface area (Å²) in [5.74, 6) is -0.0587. The van der Waals surface area contributed by atoms with Gasteiger partial charge in [0.2, 0.25) is 0 Å². The standard InChI is InChI=1S/C20H17N3O/c24-20(23-13-12-15-6-4-5-9-17(15)14-23)19-11-10-18(21-22-19)16-7-2-1-3-8-16/h1-11H,12-14H2. The first-order valence-corrected chi connectivity index (χ1v) is 8.06. The molecule has 0 atom stereocenters. The zero-order chi connectivity index (χ0) is 16.4. The van der Waals surface area contributed by atoms with Gasteiger partial charge in [0.15, 0.2) is 5.69 Å². The molecular weight excluding hydrogens is 298 g/mol. The number of nitrogens with zero attached hydrogens (tertiary/aromatic N) is 3. The van der Waals surface area contributed by atoms with Crippen molar-refractivity contribution in [3.05, 3.63) is 83.6 Å². The molecule has 1 aliphatic heterocycles. The van der Waals surface area contributed by atoms with E-state index in [0.717, 1.165) is 24.2 Å². The van der Waals surface area contributed by atoms with Gasteiger partial charge in [-0.15, -0.1) is 10.2 Å². The highest BCUT2D eigenvalue weighted by atomic mass is 16.2. The number of hydrogen-bond acceptors (Lipinski definition) is 3. The summed E-state index contributed by atoms with van der Waals surface area (Å²) in [5.41, 5.74) is 4.71. The number of rotatable bonds is 2. The average molecular weight is 315 g/mol. The molecule has 0 fully saturated rings. The lowest BCUT2D eigenvalue weighted by Gasteiger charge is -2.28. The topological polar surface area (TPSA) is 46.1 Å². The highest BCUT2D eigenvalue weighted by Crippen LogP contribution is 2.20. The molecule has 118 valence electrons. The Morgan fingerprint density at radius 1 is 0.833 bits per heavy atom. The van der Waals surface area contributed by atoms with Crippen LogP contribution in [-0.2, 0) is 13.0 Å². The smallest absolute Gasteiger partial charge is 0.274 e. The highest BCUT2D eigenvalue weighted by molar-refractivity contribution is 5.92. The quantitative estimate of drug-likeness (QED) is 0.728. The van der Waals surface area contributed by atoms with E-state index in [1.54, 1.807) is 6.07 Å². The molecule has 0 saturated carbocycles. The third-order valence-electron chi connectivity index (χ3n) is 4.37.